The van der Waals surface area contributed by atoms with Crippen LogP contribution in [0.3, 0.4) is 0 Å². The van der Waals surface area contributed by atoms with Crippen LogP contribution >= 0.6 is 0 Å². The lowest BCUT2D eigenvalue weighted by Gasteiger charge is -2.26. The van der Waals surface area contributed by atoms with E-state index >= 15 is 0 Å². The number of hydrogen-bond acceptors (Lipinski definition) is 4. The minimum absolute atomic E-state index is 0.579. The van der Waals surface area contributed by atoms with Crippen molar-refractivity contribution in [1.82, 2.24) is 14.9 Å². The number of likely N-dealkylation sites (tertiary alicyclic amines) is 1. The third kappa shape index (κ3) is 3.40. The van der Waals surface area contributed by atoms with Crippen molar-refractivity contribution in [3.63, 3.8) is 0 Å². The Bertz CT molecular complexity index is 357. The van der Waals surface area contributed by atoms with Gasteiger partial charge in [-0.1, -0.05) is 12.8 Å². The predicted molar refractivity (Wildman–Crippen MR) is 69.5 cm³/mol. The van der Waals surface area contributed by atoms with Gasteiger partial charge in [-0.15, -0.1) is 0 Å². The highest BCUT2D eigenvalue weighted by Crippen LogP contribution is 2.18. The highest BCUT2D eigenvalue weighted by atomic mass is 15.2. The fourth-order valence-corrected chi connectivity index (χ4v) is 2.48. The van der Waals surface area contributed by atoms with Gasteiger partial charge in [-0.25, -0.2) is 9.97 Å². The smallest absolute Gasteiger partial charge is 0.144 e. The second kappa shape index (κ2) is 5.45. The molecule has 2 rings (SSSR count). The number of anilines is 1. The van der Waals surface area contributed by atoms with Crippen molar-refractivity contribution >= 4 is 5.82 Å². The molecule has 1 aromatic rings. The second-order valence-corrected chi connectivity index (χ2v) is 5.02. The summed E-state index contributed by atoms with van der Waals surface area (Å²) in [6.07, 6.45) is 5.25. The van der Waals surface area contributed by atoms with E-state index in [0.29, 0.717) is 11.9 Å². The van der Waals surface area contributed by atoms with Crippen LogP contribution in [0.4, 0.5) is 5.82 Å². The first-order chi connectivity index (χ1) is 8.15. The number of rotatable bonds is 2. The maximum absolute atomic E-state index is 5.76. The van der Waals surface area contributed by atoms with Gasteiger partial charge in [0.1, 0.15) is 11.6 Å². The highest BCUT2D eigenvalue weighted by Gasteiger charge is 2.18. The van der Waals surface area contributed by atoms with Crippen LogP contribution in [0.15, 0.2) is 6.07 Å². The number of nitrogens with two attached hydrogens (primary N) is 1. The van der Waals surface area contributed by atoms with Gasteiger partial charge in [0, 0.05) is 17.8 Å². The zero-order chi connectivity index (χ0) is 12.3. The molecule has 2 heterocycles. The maximum atomic E-state index is 5.76. The summed E-state index contributed by atoms with van der Waals surface area (Å²) in [7, 11) is 0. The van der Waals surface area contributed by atoms with Crippen molar-refractivity contribution in [2.75, 3.05) is 12.3 Å². The summed E-state index contributed by atoms with van der Waals surface area (Å²) < 4.78 is 0. The van der Waals surface area contributed by atoms with E-state index in [9.17, 15) is 0 Å². The molecule has 0 bridgehead atoms. The monoisotopic (exact) mass is 234 g/mol. The summed E-state index contributed by atoms with van der Waals surface area (Å²) in [5.74, 6) is 1.44. The molecule has 4 nitrogen and oxygen atoms in total. The van der Waals surface area contributed by atoms with Crippen molar-refractivity contribution < 1.29 is 0 Å². The van der Waals surface area contributed by atoms with Gasteiger partial charge in [0.15, 0.2) is 0 Å². The third-order valence-corrected chi connectivity index (χ3v) is 3.46. The summed E-state index contributed by atoms with van der Waals surface area (Å²) >= 11 is 0. The lowest BCUT2D eigenvalue weighted by Crippen LogP contribution is -2.32. The molecule has 1 saturated heterocycles. The first-order valence-electron chi connectivity index (χ1n) is 6.49. The second-order valence-electron chi connectivity index (χ2n) is 5.02. The molecule has 94 valence electrons. The van der Waals surface area contributed by atoms with E-state index in [4.69, 9.17) is 5.73 Å². The SMILES string of the molecule is Cc1cc(N)nc(CN2CCCCCC2C)n1. The van der Waals surface area contributed by atoms with Gasteiger partial charge >= 0.3 is 0 Å². The fourth-order valence-electron chi connectivity index (χ4n) is 2.48. The number of nitrogens with zero attached hydrogens (tertiary/aromatic N) is 3. The van der Waals surface area contributed by atoms with E-state index in [2.05, 4.69) is 21.8 Å². The van der Waals surface area contributed by atoms with Crippen LogP contribution in [-0.2, 0) is 6.54 Å². The first kappa shape index (κ1) is 12.3. The number of nitrogen functional groups attached to an aromatic ring is 1. The molecule has 0 aromatic carbocycles. The van der Waals surface area contributed by atoms with E-state index in [1.54, 1.807) is 0 Å². The molecule has 0 radical (unpaired) electrons. The molecule has 0 aliphatic carbocycles. The van der Waals surface area contributed by atoms with Crippen LogP contribution in [0, 0.1) is 6.92 Å². The van der Waals surface area contributed by atoms with Gasteiger partial charge in [-0.3, -0.25) is 4.90 Å². The standard InChI is InChI=1S/C13H22N4/c1-10-8-12(14)16-13(15-10)9-17-7-5-3-4-6-11(17)2/h8,11H,3-7,9H2,1-2H3,(H2,14,15,16). The third-order valence-electron chi connectivity index (χ3n) is 3.46. The Morgan fingerprint density at radius 2 is 2.18 bits per heavy atom. The highest BCUT2D eigenvalue weighted by molar-refractivity contribution is 5.29. The Hall–Kier alpha value is -1.16. The zero-order valence-electron chi connectivity index (χ0n) is 10.8. The molecular formula is C13H22N4. The van der Waals surface area contributed by atoms with Crippen molar-refractivity contribution in [3.05, 3.63) is 17.6 Å². The Morgan fingerprint density at radius 3 is 2.94 bits per heavy atom. The molecule has 4 heteroatoms. The average molecular weight is 234 g/mol. The van der Waals surface area contributed by atoms with Gasteiger partial charge in [0.05, 0.1) is 6.54 Å². The van der Waals surface area contributed by atoms with Gasteiger partial charge < -0.3 is 5.73 Å². The molecule has 17 heavy (non-hydrogen) atoms. The Balaban J connectivity index is 2.07. The van der Waals surface area contributed by atoms with Crippen LogP contribution in [0.1, 0.15) is 44.1 Å². The molecule has 1 aromatic heterocycles. The summed E-state index contributed by atoms with van der Waals surface area (Å²) in [6, 6.07) is 2.44. The van der Waals surface area contributed by atoms with E-state index in [0.717, 1.165) is 24.6 Å². The van der Waals surface area contributed by atoms with Crippen molar-refractivity contribution in [2.24, 2.45) is 0 Å². The van der Waals surface area contributed by atoms with Crippen LogP contribution in [0.5, 0.6) is 0 Å². The van der Waals surface area contributed by atoms with Crippen molar-refractivity contribution in [3.8, 4) is 0 Å². The molecule has 1 aliphatic heterocycles. The molecule has 0 saturated carbocycles. The number of hydrogen-bond donors (Lipinski definition) is 1. The lowest BCUT2D eigenvalue weighted by molar-refractivity contribution is 0.200. The Kier molecular flexibility index (Phi) is 3.94. The topological polar surface area (TPSA) is 55.0 Å². The van der Waals surface area contributed by atoms with Gasteiger partial charge in [0.2, 0.25) is 0 Å². The summed E-state index contributed by atoms with van der Waals surface area (Å²) in [5.41, 5.74) is 6.71. The molecular weight excluding hydrogens is 212 g/mol. The minimum atomic E-state index is 0.579. The fraction of sp³-hybridized carbons (Fsp3) is 0.692. The summed E-state index contributed by atoms with van der Waals surface area (Å²) in [4.78, 5) is 11.3. The molecule has 1 fully saturated rings. The van der Waals surface area contributed by atoms with Gasteiger partial charge in [-0.05, 0) is 33.2 Å². The van der Waals surface area contributed by atoms with E-state index < -0.39 is 0 Å². The largest absolute Gasteiger partial charge is 0.384 e. The molecule has 1 aliphatic rings. The number of aryl methyl sites for hydroxylation is 1. The Morgan fingerprint density at radius 1 is 1.35 bits per heavy atom. The van der Waals surface area contributed by atoms with Crippen LogP contribution < -0.4 is 5.73 Å². The van der Waals surface area contributed by atoms with Gasteiger partial charge in [-0.2, -0.15) is 0 Å². The minimum Gasteiger partial charge on any atom is -0.384 e. The van der Waals surface area contributed by atoms with Crippen LogP contribution in [0.2, 0.25) is 0 Å². The van der Waals surface area contributed by atoms with Crippen LogP contribution in [-0.4, -0.2) is 27.5 Å². The molecule has 0 spiro atoms. The zero-order valence-corrected chi connectivity index (χ0v) is 10.8. The predicted octanol–water partition coefficient (Wildman–Crippen LogP) is 2.13. The lowest BCUT2D eigenvalue weighted by atomic mass is 10.1. The van der Waals surface area contributed by atoms with Gasteiger partial charge in [0.25, 0.3) is 0 Å². The van der Waals surface area contributed by atoms with Crippen LogP contribution in [0.25, 0.3) is 0 Å². The number of aromatic nitrogens is 2. The maximum Gasteiger partial charge on any atom is 0.144 e. The molecule has 2 N–H and O–H groups in total. The summed E-state index contributed by atoms with van der Waals surface area (Å²) in [5, 5.41) is 0. The Labute approximate surface area is 103 Å². The van der Waals surface area contributed by atoms with Crippen molar-refractivity contribution in [2.45, 2.75) is 52.1 Å². The van der Waals surface area contributed by atoms with Crippen molar-refractivity contribution in [1.29, 1.82) is 0 Å². The van der Waals surface area contributed by atoms with E-state index in [1.165, 1.54) is 25.7 Å². The molecule has 1 atom stereocenters. The first-order valence-corrected chi connectivity index (χ1v) is 6.49. The van der Waals surface area contributed by atoms with E-state index in [1.807, 2.05) is 13.0 Å². The molecule has 1 unspecified atom stereocenters. The molecule has 0 amide bonds. The average Bonchev–Trinajstić information content (AvgIpc) is 2.43. The summed E-state index contributed by atoms with van der Waals surface area (Å²) in [6.45, 7) is 6.24. The normalized spacial score (nSPS) is 22.4. The quantitative estimate of drug-likeness (QED) is 0.851. The van der Waals surface area contributed by atoms with E-state index in [-0.39, 0.29) is 0 Å².